The van der Waals surface area contributed by atoms with Crippen molar-refractivity contribution in [2.24, 2.45) is 0 Å². The molecule has 0 aliphatic rings. The van der Waals surface area contributed by atoms with Crippen molar-refractivity contribution >= 4 is 22.6 Å². The van der Waals surface area contributed by atoms with Crippen molar-refractivity contribution in [1.29, 1.82) is 0 Å². The molecule has 3 rings (SSSR count). The van der Waals surface area contributed by atoms with E-state index >= 15 is 0 Å². The summed E-state index contributed by atoms with van der Waals surface area (Å²) in [5.41, 5.74) is 4.17. The Balaban J connectivity index is 1.77. The van der Waals surface area contributed by atoms with Crippen LogP contribution in [0.15, 0.2) is 45.6 Å². The number of anilines is 1. The fraction of sp³-hybridized carbons (Fsp3) is 0.238. The number of aryl methyl sites for hydroxylation is 3. The summed E-state index contributed by atoms with van der Waals surface area (Å²) in [4.78, 5) is 24.0. The van der Waals surface area contributed by atoms with Crippen LogP contribution >= 0.6 is 0 Å². The van der Waals surface area contributed by atoms with E-state index in [1.165, 1.54) is 0 Å². The third-order valence-corrected chi connectivity index (χ3v) is 4.52. The first-order valence-corrected chi connectivity index (χ1v) is 8.39. The van der Waals surface area contributed by atoms with Crippen LogP contribution in [0.3, 0.4) is 0 Å². The molecule has 1 heterocycles. The lowest BCUT2D eigenvalue weighted by Crippen LogP contribution is -2.20. The van der Waals surface area contributed by atoms with Gasteiger partial charge in [0.1, 0.15) is 11.3 Å². The molecule has 1 amide bonds. The Kier molecular flexibility index (Phi) is 4.80. The number of benzene rings is 2. The van der Waals surface area contributed by atoms with Crippen LogP contribution in [0.1, 0.15) is 22.3 Å². The predicted molar refractivity (Wildman–Crippen MR) is 102 cm³/mol. The molecule has 0 bridgehead atoms. The standard InChI is InChI=1S/C21H21NO4/c1-12-5-7-16(8-6-12)22-19(23)11-25-18-10-9-17-13(2)14(3)21(24)26-20(17)15(18)4/h5-10H,11H2,1-4H3,(H,22,23). The Hall–Kier alpha value is -3.08. The van der Waals surface area contributed by atoms with Crippen LogP contribution in [0, 0.1) is 27.7 Å². The van der Waals surface area contributed by atoms with Gasteiger partial charge >= 0.3 is 5.63 Å². The summed E-state index contributed by atoms with van der Waals surface area (Å²) in [6, 6.07) is 11.2. The highest BCUT2D eigenvalue weighted by atomic mass is 16.5. The Morgan fingerprint density at radius 1 is 0.962 bits per heavy atom. The molecule has 26 heavy (non-hydrogen) atoms. The second kappa shape index (κ2) is 7.04. The van der Waals surface area contributed by atoms with Gasteiger partial charge in [-0.2, -0.15) is 0 Å². The molecule has 1 N–H and O–H groups in total. The van der Waals surface area contributed by atoms with E-state index in [1.54, 1.807) is 13.0 Å². The van der Waals surface area contributed by atoms with Gasteiger partial charge in [-0.1, -0.05) is 17.7 Å². The topological polar surface area (TPSA) is 68.5 Å². The highest BCUT2D eigenvalue weighted by Gasteiger charge is 2.13. The van der Waals surface area contributed by atoms with Gasteiger partial charge in [0, 0.05) is 22.2 Å². The number of carbonyl (C=O) groups is 1. The molecular weight excluding hydrogens is 330 g/mol. The number of carbonyl (C=O) groups excluding carboxylic acids is 1. The van der Waals surface area contributed by atoms with E-state index in [2.05, 4.69) is 5.32 Å². The van der Waals surface area contributed by atoms with Gasteiger partial charge in [0.15, 0.2) is 6.61 Å². The summed E-state index contributed by atoms with van der Waals surface area (Å²) < 4.78 is 11.1. The minimum absolute atomic E-state index is 0.130. The van der Waals surface area contributed by atoms with Gasteiger partial charge in [-0.25, -0.2) is 4.79 Å². The smallest absolute Gasteiger partial charge is 0.339 e. The van der Waals surface area contributed by atoms with Crippen LogP contribution in [0.5, 0.6) is 5.75 Å². The summed E-state index contributed by atoms with van der Waals surface area (Å²) >= 11 is 0. The molecule has 0 spiro atoms. The monoisotopic (exact) mass is 351 g/mol. The van der Waals surface area contributed by atoms with Crippen LogP contribution in [0.2, 0.25) is 0 Å². The van der Waals surface area contributed by atoms with Crippen LogP contribution in [0.4, 0.5) is 5.69 Å². The van der Waals surface area contributed by atoms with Crippen molar-refractivity contribution in [3.05, 3.63) is 69.1 Å². The second-order valence-corrected chi connectivity index (χ2v) is 6.41. The van der Waals surface area contributed by atoms with Crippen LogP contribution < -0.4 is 15.7 Å². The van der Waals surface area contributed by atoms with Crippen molar-refractivity contribution in [2.75, 3.05) is 11.9 Å². The maximum atomic E-state index is 12.1. The zero-order chi connectivity index (χ0) is 18.8. The van der Waals surface area contributed by atoms with E-state index in [9.17, 15) is 9.59 Å². The molecule has 0 radical (unpaired) electrons. The highest BCUT2D eigenvalue weighted by Crippen LogP contribution is 2.29. The molecule has 5 nitrogen and oxygen atoms in total. The third-order valence-electron chi connectivity index (χ3n) is 4.52. The van der Waals surface area contributed by atoms with E-state index in [0.717, 1.165) is 22.2 Å². The van der Waals surface area contributed by atoms with Gasteiger partial charge in [-0.05, 0) is 57.5 Å². The summed E-state index contributed by atoms with van der Waals surface area (Å²) in [7, 11) is 0. The van der Waals surface area contributed by atoms with E-state index in [4.69, 9.17) is 9.15 Å². The molecule has 0 saturated heterocycles. The number of fused-ring (bicyclic) bond motifs is 1. The molecule has 0 unspecified atom stereocenters. The van der Waals surface area contributed by atoms with Crippen LogP contribution in [-0.2, 0) is 4.79 Å². The fourth-order valence-corrected chi connectivity index (χ4v) is 2.76. The normalized spacial score (nSPS) is 10.8. The molecule has 1 aromatic heterocycles. The molecule has 3 aromatic rings. The van der Waals surface area contributed by atoms with E-state index in [-0.39, 0.29) is 18.1 Å². The SMILES string of the molecule is Cc1ccc(NC(=O)COc2ccc3c(C)c(C)c(=O)oc3c2C)cc1. The van der Waals surface area contributed by atoms with Gasteiger partial charge < -0.3 is 14.5 Å². The van der Waals surface area contributed by atoms with E-state index in [0.29, 0.717) is 22.5 Å². The van der Waals surface area contributed by atoms with E-state index in [1.807, 2.05) is 51.1 Å². The minimum atomic E-state index is -0.354. The number of amides is 1. The largest absolute Gasteiger partial charge is 0.483 e. The highest BCUT2D eigenvalue weighted by molar-refractivity contribution is 5.92. The lowest BCUT2D eigenvalue weighted by Gasteiger charge is -2.12. The second-order valence-electron chi connectivity index (χ2n) is 6.41. The van der Waals surface area contributed by atoms with Crippen LogP contribution in [-0.4, -0.2) is 12.5 Å². The first-order chi connectivity index (χ1) is 12.4. The number of ether oxygens (including phenoxy) is 1. The average molecular weight is 351 g/mol. The van der Waals surface area contributed by atoms with Gasteiger partial charge in [-0.15, -0.1) is 0 Å². The van der Waals surface area contributed by atoms with Crippen molar-refractivity contribution in [1.82, 2.24) is 0 Å². The lowest BCUT2D eigenvalue weighted by atomic mass is 10.0. The minimum Gasteiger partial charge on any atom is -0.483 e. The lowest BCUT2D eigenvalue weighted by molar-refractivity contribution is -0.118. The molecule has 5 heteroatoms. The van der Waals surface area contributed by atoms with Crippen LogP contribution in [0.25, 0.3) is 11.0 Å². The molecule has 0 aliphatic carbocycles. The summed E-state index contributed by atoms with van der Waals surface area (Å²) in [6.07, 6.45) is 0. The van der Waals surface area contributed by atoms with Gasteiger partial charge in [0.2, 0.25) is 0 Å². The summed E-state index contributed by atoms with van der Waals surface area (Å²) in [6.45, 7) is 7.31. The Labute approximate surface area is 151 Å². The predicted octanol–water partition coefficient (Wildman–Crippen LogP) is 4.04. The molecule has 2 aromatic carbocycles. The molecule has 0 saturated carbocycles. The van der Waals surface area contributed by atoms with Gasteiger partial charge in [-0.3, -0.25) is 4.79 Å². The molecule has 134 valence electrons. The van der Waals surface area contributed by atoms with Crippen molar-refractivity contribution in [2.45, 2.75) is 27.7 Å². The average Bonchev–Trinajstić information content (AvgIpc) is 2.62. The Bertz CT molecular complexity index is 1030. The van der Waals surface area contributed by atoms with Crippen molar-refractivity contribution < 1.29 is 13.9 Å². The number of rotatable bonds is 4. The van der Waals surface area contributed by atoms with Gasteiger partial charge in [0.25, 0.3) is 5.91 Å². The maximum absolute atomic E-state index is 12.1. The number of hydrogen-bond acceptors (Lipinski definition) is 4. The first kappa shape index (κ1) is 17.7. The maximum Gasteiger partial charge on any atom is 0.339 e. The van der Waals surface area contributed by atoms with Crippen molar-refractivity contribution in [3.63, 3.8) is 0 Å². The number of nitrogens with one attached hydrogen (secondary N) is 1. The Morgan fingerprint density at radius 3 is 2.35 bits per heavy atom. The van der Waals surface area contributed by atoms with Gasteiger partial charge in [0.05, 0.1) is 0 Å². The molecule has 0 fully saturated rings. The number of hydrogen-bond donors (Lipinski definition) is 1. The quantitative estimate of drug-likeness (QED) is 0.720. The fourth-order valence-electron chi connectivity index (χ4n) is 2.76. The van der Waals surface area contributed by atoms with E-state index < -0.39 is 0 Å². The zero-order valence-corrected chi connectivity index (χ0v) is 15.3. The zero-order valence-electron chi connectivity index (χ0n) is 15.3. The molecule has 0 atom stereocenters. The first-order valence-electron chi connectivity index (χ1n) is 8.39. The summed E-state index contributed by atoms with van der Waals surface area (Å²) in [5.74, 6) is 0.262. The molecule has 0 aliphatic heterocycles. The van der Waals surface area contributed by atoms with Crippen molar-refractivity contribution in [3.8, 4) is 5.75 Å². The summed E-state index contributed by atoms with van der Waals surface area (Å²) in [5, 5.41) is 3.66. The molecular formula is C21H21NO4. The third kappa shape index (κ3) is 3.47. The Morgan fingerprint density at radius 2 is 1.65 bits per heavy atom.